The number of benzene rings is 1. The number of alkyl halides is 1. The summed E-state index contributed by atoms with van der Waals surface area (Å²) < 4.78 is 27.7. The minimum Gasteiger partial charge on any atom is -0.494 e. The Hall–Kier alpha value is -3.31. The van der Waals surface area contributed by atoms with Gasteiger partial charge in [0.05, 0.1) is 26.3 Å². The first-order valence-corrected chi connectivity index (χ1v) is 16.9. The largest absolute Gasteiger partial charge is 0.494 e. The molecule has 0 aliphatic rings. The number of carbonyl (C=O) groups is 4. The lowest BCUT2D eigenvalue weighted by atomic mass is 9.83. The number of nitrogens with one attached hydrogen (secondary N) is 1. The van der Waals surface area contributed by atoms with Gasteiger partial charge in [0.25, 0.3) is 0 Å². The SMILES string of the molecule is CCCCCCCC(=O)CCCCCCC=C[C@H](C(=O)N[C@@H](Cc1ccc(OCCCF)cc1)C(=O)OC)[C@@](O)(CCOC)C(=O)O. The molecule has 0 aromatic heterocycles. The van der Waals surface area contributed by atoms with E-state index in [1.165, 1.54) is 39.6 Å². The second-order valence-electron chi connectivity index (χ2n) is 11.9. The van der Waals surface area contributed by atoms with Gasteiger partial charge in [-0.15, -0.1) is 0 Å². The van der Waals surface area contributed by atoms with Crippen molar-refractivity contribution in [2.45, 2.75) is 115 Å². The molecule has 0 aliphatic heterocycles. The number of unbranched alkanes of at least 4 members (excludes halogenated alkanes) is 8. The molecule has 1 rings (SSSR count). The molecule has 47 heavy (non-hydrogen) atoms. The van der Waals surface area contributed by atoms with E-state index in [0.29, 0.717) is 36.4 Å². The van der Waals surface area contributed by atoms with Crippen LogP contribution in [0.5, 0.6) is 5.75 Å². The third-order valence-corrected chi connectivity index (χ3v) is 8.03. The maximum atomic E-state index is 13.6. The molecule has 3 N–H and O–H groups in total. The predicted molar refractivity (Wildman–Crippen MR) is 178 cm³/mol. The first-order chi connectivity index (χ1) is 22.6. The highest BCUT2D eigenvalue weighted by molar-refractivity contribution is 5.92. The van der Waals surface area contributed by atoms with E-state index in [0.717, 1.165) is 38.5 Å². The third kappa shape index (κ3) is 16.9. The van der Waals surface area contributed by atoms with Crippen molar-refractivity contribution in [1.82, 2.24) is 5.32 Å². The van der Waals surface area contributed by atoms with Crippen molar-refractivity contribution < 1.29 is 48.0 Å². The number of methoxy groups -OCH3 is 2. The number of Topliss-reactive ketones (excluding diaryl/α,β-unsaturated/α-hetero) is 1. The number of ether oxygens (including phenoxy) is 3. The molecule has 1 aromatic carbocycles. The van der Waals surface area contributed by atoms with Crippen LogP contribution in [0.4, 0.5) is 4.39 Å². The van der Waals surface area contributed by atoms with Crippen LogP contribution in [-0.4, -0.2) is 79.6 Å². The normalized spacial score (nSPS) is 13.9. The summed E-state index contributed by atoms with van der Waals surface area (Å²) in [4.78, 5) is 50.6. The van der Waals surface area contributed by atoms with Crippen LogP contribution < -0.4 is 10.1 Å². The Labute approximate surface area is 279 Å². The standard InChI is InChI=1S/C36H56FNO9/c1-4-5-6-9-12-16-29(39)17-13-10-7-8-11-14-18-31(36(44,35(42)43)23-26-45-2)33(40)38-32(34(41)46-3)27-28-19-21-30(22-20-28)47-25-15-24-37/h14,18-22,31-32,44H,4-13,15-17,23-27H2,1-3H3,(H,38,40)(H,42,43)/t31-,32+,36+/m1/s1. The molecular formula is C36H56FNO9. The van der Waals surface area contributed by atoms with Crippen LogP contribution in [-0.2, 0) is 35.1 Å². The van der Waals surface area contributed by atoms with Crippen LogP contribution in [0, 0.1) is 5.92 Å². The van der Waals surface area contributed by atoms with Crippen LogP contribution >= 0.6 is 0 Å². The van der Waals surface area contributed by atoms with Gasteiger partial charge >= 0.3 is 11.9 Å². The van der Waals surface area contributed by atoms with Gasteiger partial charge in [0, 0.05) is 45.8 Å². The quantitative estimate of drug-likeness (QED) is 0.0564. The molecule has 0 spiro atoms. The van der Waals surface area contributed by atoms with E-state index in [2.05, 4.69) is 12.2 Å². The summed E-state index contributed by atoms with van der Waals surface area (Å²) in [6, 6.07) is 5.55. The summed E-state index contributed by atoms with van der Waals surface area (Å²) in [5.41, 5.74) is -1.83. The Balaban J connectivity index is 2.85. The highest BCUT2D eigenvalue weighted by Gasteiger charge is 2.47. The number of halogens is 1. The molecule has 1 amide bonds. The maximum absolute atomic E-state index is 13.6. The van der Waals surface area contributed by atoms with E-state index < -0.39 is 42.1 Å². The molecule has 0 bridgehead atoms. The number of carboxylic acid groups (broad SMARTS) is 1. The monoisotopic (exact) mass is 665 g/mol. The zero-order valence-corrected chi connectivity index (χ0v) is 28.5. The van der Waals surface area contributed by atoms with Crippen molar-refractivity contribution in [1.29, 1.82) is 0 Å². The molecule has 10 nitrogen and oxygen atoms in total. The molecule has 11 heteroatoms. The van der Waals surface area contributed by atoms with Crippen LogP contribution in [0.1, 0.15) is 102 Å². The van der Waals surface area contributed by atoms with Crippen LogP contribution in [0.3, 0.4) is 0 Å². The van der Waals surface area contributed by atoms with E-state index >= 15 is 0 Å². The first-order valence-electron chi connectivity index (χ1n) is 16.9. The maximum Gasteiger partial charge on any atom is 0.336 e. The van der Waals surface area contributed by atoms with Crippen molar-refractivity contribution in [2.75, 3.05) is 34.1 Å². The van der Waals surface area contributed by atoms with Gasteiger partial charge in [-0.3, -0.25) is 14.0 Å². The topological polar surface area (TPSA) is 148 Å². The summed E-state index contributed by atoms with van der Waals surface area (Å²) in [6.07, 6.45) is 13.7. The smallest absolute Gasteiger partial charge is 0.336 e. The third-order valence-electron chi connectivity index (χ3n) is 8.03. The highest BCUT2D eigenvalue weighted by atomic mass is 19.1. The summed E-state index contributed by atoms with van der Waals surface area (Å²) in [5.74, 6) is -3.87. The first kappa shape index (κ1) is 41.7. The molecule has 0 fully saturated rings. The Morgan fingerprint density at radius 2 is 1.55 bits per heavy atom. The number of ketones is 1. The van der Waals surface area contributed by atoms with Crippen LogP contribution in [0.15, 0.2) is 36.4 Å². The molecule has 1 aromatic rings. The second-order valence-corrected chi connectivity index (χ2v) is 11.9. The number of allylic oxidation sites excluding steroid dienone is 1. The average molecular weight is 666 g/mol. The minimum atomic E-state index is -2.49. The molecular weight excluding hydrogens is 609 g/mol. The summed E-state index contributed by atoms with van der Waals surface area (Å²) in [6.45, 7) is 1.79. The van der Waals surface area contributed by atoms with E-state index in [4.69, 9.17) is 14.2 Å². The molecule has 0 radical (unpaired) electrons. The zero-order valence-electron chi connectivity index (χ0n) is 28.5. The molecule has 0 aliphatic carbocycles. The van der Waals surface area contributed by atoms with E-state index in [9.17, 15) is 33.8 Å². The average Bonchev–Trinajstić information content (AvgIpc) is 3.06. The summed E-state index contributed by atoms with van der Waals surface area (Å²) in [7, 11) is 2.54. The molecule has 266 valence electrons. The van der Waals surface area contributed by atoms with Crippen molar-refractivity contribution in [3.63, 3.8) is 0 Å². The van der Waals surface area contributed by atoms with Gasteiger partial charge in [0.1, 0.15) is 17.6 Å². The molecule has 0 heterocycles. The lowest BCUT2D eigenvalue weighted by Gasteiger charge is -2.30. The number of amides is 1. The van der Waals surface area contributed by atoms with Crippen LogP contribution in [0.2, 0.25) is 0 Å². The van der Waals surface area contributed by atoms with Gasteiger partial charge in [-0.2, -0.15) is 0 Å². The van der Waals surface area contributed by atoms with Crippen molar-refractivity contribution in [3.8, 4) is 5.75 Å². The minimum absolute atomic E-state index is 0.0323. The Morgan fingerprint density at radius 1 is 0.915 bits per heavy atom. The fraction of sp³-hybridized carbons (Fsp3) is 0.667. The van der Waals surface area contributed by atoms with E-state index in [-0.39, 0.29) is 32.5 Å². The van der Waals surface area contributed by atoms with Gasteiger partial charge in [0.15, 0.2) is 5.60 Å². The van der Waals surface area contributed by atoms with Crippen molar-refractivity contribution >= 4 is 23.6 Å². The summed E-state index contributed by atoms with van der Waals surface area (Å²) >= 11 is 0. The van der Waals surface area contributed by atoms with Crippen molar-refractivity contribution in [2.24, 2.45) is 5.92 Å². The number of rotatable bonds is 28. The number of carbonyl (C=O) groups excluding carboxylic acids is 3. The number of hydrogen-bond acceptors (Lipinski definition) is 8. The second kappa shape index (κ2) is 24.8. The van der Waals surface area contributed by atoms with Gasteiger partial charge in [-0.1, -0.05) is 69.7 Å². The number of aliphatic carboxylic acids is 1. The lowest BCUT2D eigenvalue weighted by Crippen LogP contribution is -2.55. The fourth-order valence-corrected chi connectivity index (χ4v) is 5.14. The number of carboxylic acids is 1. The number of aliphatic hydroxyl groups is 1. The number of hydrogen-bond donors (Lipinski definition) is 3. The predicted octanol–water partition coefficient (Wildman–Crippen LogP) is 5.92. The molecule has 0 saturated carbocycles. The van der Waals surface area contributed by atoms with E-state index in [1.54, 1.807) is 30.3 Å². The Kier molecular flexibility index (Phi) is 22.0. The Bertz CT molecular complexity index is 1080. The Morgan fingerprint density at radius 3 is 2.13 bits per heavy atom. The van der Waals surface area contributed by atoms with E-state index in [1.807, 2.05) is 0 Å². The van der Waals surface area contributed by atoms with Gasteiger partial charge < -0.3 is 29.7 Å². The fourth-order valence-electron chi connectivity index (χ4n) is 5.14. The number of esters is 1. The van der Waals surface area contributed by atoms with Crippen molar-refractivity contribution in [3.05, 3.63) is 42.0 Å². The van der Waals surface area contributed by atoms with Gasteiger partial charge in [0.2, 0.25) is 5.91 Å². The lowest BCUT2D eigenvalue weighted by molar-refractivity contribution is -0.169. The molecule has 0 unspecified atom stereocenters. The van der Waals surface area contributed by atoms with Gasteiger partial charge in [-0.25, -0.2) is 9.59 Å². The zero-order chi connectivity index (χ0) is 34.9. The van der Waals surface area contributed by atoms with Crippen LogP contribution in [0.25, 0.3) is 0 Å². The summed E-state index contributed by atoms with van der Waals surface area (Å²) in [5, 5.41) is 23.8. The molecule has 0 saturated heterocycles. The molecule has 3 atom stereocenters. The highest BCUT2D eigenvalue weighted by Crippen LogP contribution is 2.26. The van der Waals surface area contributed by atoms with Gasteiger partial charge in [-0.05, 0) is 43.4 Å².